The van der Waals surface area contributed by atoms with E-state index < -0.39 is 5.97 Å². The Morgan fingerprint density at radius 1 is 1.25 bits per heavy atom. The maximum absolute atomic E-state index is 11.6. The van der Waals surface area contributed by atoms with Gasteiger partial charge < -0.3 is 9.64 Å². The molecule has 0 saturated carbocycles. The van der Waals surface area contributed by atoms with Gasteiger partial charge in [-0.25, -0.2) is 0 Å². The minimum atomic E-state index is -0.449. The highest BCUT2D eigenvalue weighted by Crippen LogP contribution is 2.22. The minimum absolute atomic E-state index is 0.167. The molecule has 1 saturated heterocycles. The molecule has 1 atom stereocenters. The van der Waals surface area contributed by atoms with Gasteiger partial charge in [-0.15, -0.1) is 0 Å². The number of cyclic esters (lactones) is 1. The van der Waals surface area contributed by atoms with Crippen LogP contribution in [0.4, 0.5) is 0 Å². The van der Waals surface area contributed by atoms with Crippen molar-refractivity contribution in [1.82, 2.24) is 4.90 Å². The van der Waals surface area contributed by atoms with Crippen LogP contribution in [-0.2, 0) is 14.3 Å². The molecule has 0 unspecified atom stereocenters. The number of rotatable bonds is 1. The Balaban J connectivity index is 2.26. The summed E-state index contributed by atoms with van der Waals surface area (Å²) in [6.45, 7) is 0.227. The third kappa shape index (κ3) is 2.05. The third-order valence-corrected chi connectivity index (χ3v) is 2.74. The fraction of sp³-hybridized carbons (Fsp3) is 0.333. The van der Waals surface area contributed by atoms with Crippen molar-refractivity contribution < 1.29 is 14.3 Å². The second kappa shape index (κ2) is 4.35. The lowest BCUT2D eigenvalue weighted by Crippen LogP contribution is -2.31. The van der Waals surface area contributed by atoms with Gasteiger partial charge in [0.1, 0.15) is 13.0 Å². The Bertz CT molecular complexity index is 402. The molecule has 0 N–H and O–H groups in total. The average molecular weight is 219 g/mol. The van der Waals surface area contributed by atoms with E-state index in [-0.39, 0.29) is 25.0 Å². The van der Waals surface area contributed by atoms with E-state index in [0.29, 0.717) is 0 Å². The topological polar surface area (TPSA) is 46.6 Å². The summed E-state index contributed by atoms with van der Waals surface area (Å²) >= 11 is 0. The Morgan fingerprint density at radius 3 is 2.62 bits per heavy atom. The van der Waals surface area contributed by atoms with Gasteiger partial charge >= 0.3 is 5.97 Å². The number of hydrogen-bond donors (Lipinski definition) is 0. The minimum Gasteiger partial charge on any atom is -0.463 e. The zero-order valence-corrected chi connectivity index (χ0v) is 9.05. The molecule has 0 spiro atoms. The van der Waals surface area contributed by atoms with Gasteiger partial charge in [0, 0.05) is 7.05 Å². The largest absolute Gasteiger partial charge is 0.463 e. The number of hydrogen-bond acceptors (Lipinski definition) is 3. The van der Waals surface area contributed by atoms with E-state index in [9.17, 15) is 9.59 Å². The first kappa shape index (κ1) is 10.7. The summed E-state index contributed by atoms with van der Waals surface area (Å²) in [5.74, 6) is -0.647. The molecule has 1 aliphatic rings. The normalized spacial score (nSPS) is 21.6. The molecular formula is C12H13NO3. The standard InChI is InChI=1S/C12H13NO3/c1-13-10(9-5-3-2-4-6-9)8-16-12(15)7-11(13)14/h2-6,10H,7-8H2,1H3/t10-/m0/s1. The number of carbonyl (C=O) groups excluding carboxylic acids is 2. The molecule has 1 aliphatic heterocycles. The highest BCUT2D eigenvalue weighted by atomic mass is 16.5. The molecule has 0 radical (unpaired) electrons. The predicted octanol–water partition coefficient (Wildman–Crippen LogP) is 1.13. The van der Waals surface area contributed by atoms with Gasteiger partial charge in [-0.3, -0.25) is 9.59 Å². The van der Waals surface area contributed by atoms with Crippen LogP contribution in [0.5, 0.6) is 0 Å². The summed E-state index contributed by atoms with van der Waals surface area (Å²) in [5, 5.41) is 0. The van der Waals surface area contributed by atoms with Crippen molar-refractivity contribution in [2.75, 3.05) is 13.7 Å². The zero-order valence-electron chi connectivity index (χ0n) is 9.05. The number of amides is 1. The zero-order chi connectivity index (χ0) is 11.5. The fourth-order valence-corrected chi connectivity index (χ4v) is 1.75. The second-order valence-corrected chi connectivity index (χ2v) is 3.79. The molecule has 1 aromatic rings. The van der Waals surface area contributed by atoms with E-state index >= 15 is 0 Å². The number of likely N-dealkylation sites (N-methyl/N-ethyl adjacent to an activating group) is 1. The van der Waals surface area contributed by atoms with Gasteiger partial charge in [-0.1, -0.05) is 30.3 Å². The summed E-state index contributed by atoms with van der Waals surface area (Å²) in [7, 11) is 1.70. The molecule has 0 aliphatic carbocycles. The molecule has 0 aromatic heterocycles. The number of nitrogens with zero attached hydrogens (tertiary/aromatic N) is 1. The first-order valence-electron chi connectivity index (χ1n) is 5.14. The van der Waals surface area contributed by atoms with Crippen LogP contribution >= 0.6 is 0 Å². The number of ether oxygens (including phenoxy) is 1. The Morgan fingerprint density at radius 2 is 1.94 bits per heavy atom. The van der Waals surface area contributed by atoms with Crippen molar-refractivity contribution in [3.05, 3.63) is 35.9 Å². The monoisotopic (exact) mass is 219 g/mol. The van der Waals surface area contributed by atoms with E-state index in [1.165, 1.54) is 0 Å². The molecule has 1 fully saturated rings. The van der Waals surface area contributed by atoms with Gasteiger partial charge in [0.2, 0.25) is 5.91 Å². The van der Waals surface area contributed by atoms with Crippen LogP contribution in [0.15, 0.2) is 30.3 Å². The quantitative estimate of drug-likeness (QED) is 0.525. The van der Waals surface area contributed by atoms with Crippen molar-refractivity contribution in [2.24, 2.45) is 0 Å². The van der Waals surface area contributed by atoms with Gasteiger partial charge in [0.25, 0.3) is 0 Å². The lowest BCUT2D eigenvalue weighted by Gasteiger charge is -2.24. The SMILES string of the molecule is CN1C(=O)CC(=O)OC[C@H]1c1ccccc1. The Kier molecular flexibility index (Phi) is 2.90. The van der Waals surface area contributed by atoms with Crippen LogP contribution < -0.4 is 0 Å². The van der Waals surface area contributed by atoms with Crippen molar-refractivity contribution in [1.29, 1.82) is 0 Å². The van der Waals surface area contributed by atoms with Crippen LogP contribution in [0.2, 0.25) is 0 Å². The summed E-state index contributed by atoms with van der Waals surface area (Å²) < 4.78 is 5.01. The van der Waals surface area contributed by atoms with E-state index in [1.54, 1.807) is 11.9 Å². The molecule has 84 valence electrons. The number of benzene rings is 1. The molecular weight excluding hydrogens is 206 g/mol. The van der Waals surface area contributed by atoms with Crippen molar-refractivity contribution in [2.45, 2.75) is 12.5 Å². The third-order valence-electron chi connectivity index (χ3n) is 2.74. The van der Waals surface area contributed by atoms with Gasteiger partial charge in [0.05, 0.1) is 6.04 Å². The summed E-state index contributed by atoms with van der Waals surface area (Å²) in [6, 6.07) is 9.39. The van der Waals surface area contributed by atoms with Crippen LogP contribution in [0, 0.1) is 0 Å². The second-order valence-electron chi connectivity index (χ2n) is 3.79. The van der Waals surface area contributed by atoms with E-state index in [4.69, 9.17) is 4.74 Å². The van der Waals surface area contributed by atoms with Crippen LogP contribution in [0.25, 0.3) is 0 Å². The number of esters is 1. The predicted molar refractivity (Wildman–Crippen MR) is 57.5 cm³/mol. The van der Waals surface area contributed by atoms with Gasteiger partial charge in [0.15, 0.2) is 0 Å². The van der Waals surface area contributed by atoms with Crippen molar-refractivity contribution >= 4 is 11.9 Å². The smallest absolute Gasteiger partial charge is 0.315 e. The van der Waals surface area contributed by atoms with Crippen LogP contribution in [0.3, 0.4) is 0 Å². The molecule has 4 heteroatoms. The molecule has 1 heterocycles. The summed E-state index contributed by atoms with van der Waals surface area (Å²) in [6.07, 6.45) is -0.167. The fourth-order valence-electron chi connectivity index (χ4n) is 1.75. The maximum Gasteiger partial charge on any atom is 0.315 e. The highest BCUT2D eigenvalue weighted by molar-refractivity contribution is 5.95. The molecule has 4 nitrogen and oxygen atoms in total. The molecule has 1 amide bonds. The van der Waals surface area contributed by atoms with Crippen molar-refractivity contribution in [3.8, 4) is 0 Å². The molecule has 2 rings (SSSR count). The highest BCUT2D eigenvalue weighted by Gasteiger charge is 2.28. The Labute approximate surface area is 93.8 Å². The van der Waals surface area contributed by atoms with E-state index in [2.05, 4.69) is 0 Å². The van der Waals surface area contributed by atoms with Crippen LogP contribution in [0.1, 0.15) is 18.0 Å². The van der Waals surface area contributed by atoms with E-state index in [1.807, 2.05) is 30.3 Å². The van der Waals surface area contributed by atoms with Gasteiger partial charge in [-0.2, -0.15) is 0 Å². The number of carbonyl (C=O) groups is 2. The van der Waals surface area contributed by atoms with E-state index in [0.717, 1.165) is 5.56 Å². The maximum atomic E-state index is 11.6. The lowest BCUT2D eigenvalue weighted by molar-refractivity contribution is -0.144. The van der Waals surface area contributed by atoms with Crippen molar-refractivity contribution in [3.63, 3.8) is 0 Å². The summed E-state index contributed by atoms with van der Waals surface area (Å²) in [5.41, 5.74) is 0.980. The van der Waals surface area contributed by atoms with Crippen LogP contribution in [-0.4, -0.2) is 30.4 Å². The Hall–Kier alpha value is -1.84. The summed E-state index contributed by atoms with van der Waals surface area (Å²) in [4.78, 5) is 24.3. The first-order valence-corrected chi connectivity index (χ1v) is 5.14. The van der Waals surface area contributed by atoms with Gasteiger partial charge in [-0.05, 0) is 5.56 Å². The molecule has 16 heavy (non-hydrogen) atoms. The molecule has 0 bridgehead atoms. The molecule has 1 aromatic carbocycles. The lowest BCUT2D eigenvalue weighted by atomic mass is 10.1. The average Bonchev–Trinajstić information content (AvgIpc) is 2.41. The first-order chi connectivity index (χ1) is 7.68.